The second kappa shape index (κ2) is 6.16. The van der Waals surface area contributed by atoms with Gasteiger partial charge in [-0.25, -0.2) is 13.2 Å². The summed E-state index contributed by atoms with van der Waals surface area (Å²) >= 11 is 0. The van der Waals surface area contributed by atoms with E-state index >= 15 is 0 Å². The van der Waals surface area contributed by atoms with Crippen LogP contribution in [0.2, 0.25) is 0 Å². The van der Waals surface area contributed by atoms with E-state index in [0.29, 0.717) is 18.1 Å². The van der Waals surface area contributed by atoms with Crippen LogP contribution in [0.5, 0.6) is 0 Å². The molecule has 1 aliphatic heterocycles. The lowest BCUT2D eigenvalue weighted by Crippen LogP contribution is -2.22. The number of ether oxygens (including phenoxy) is 2. The van der Waals surface area contributed by atoms with Gasteiger partial charge in [-0.15, -0.1) is 0 Å². The number of hydrogen-bond donors (Lipinski definition) is 0. The van der Waals surface area contributed by atoms with E-state index in [9.17, 15) is 13.2 Å². The lowest BCUT2D eigenvalue weighted by atomic mass is 9.92. The number of benzene rings is 1. The highest BCUT2D eigenvalue weighted by atomic mass is 32.2. The normalized spacial score (nSPS) is 20.1. The average molecular weight is 364 g/mol. The van der Waals surface area contributed by atoms with Gasteiger partial charge in [-0.2, -0.15) is 0 Å². The minimum Gasteiger partial charge on any atom is -0.486 e. The van der Waals surface area contributed by atoms with Gasteiger partial charge in [0.15, 0.2) is 9.84 Å². The van der Waals surface area contributed by atoms with Crippen LogP contribution < -0.4 is 0 Å². The summed E-state index contributed by atoms with van der Waals surface area (Å²) in [6, 6.07) is 6.59. The first-order valence-electron chi connectivity index (χ1n) is 8.58. The molecule has 0 unspecified atom stereocenters. The molecule has 1 fully saturated rings. The first kappa shape index (κ1) is 18.0. The van der Waals surface area contributed by atoms with Crippen molar-refractivity contribution in [3.8, 4) is 0 Å². The maximum absolute atomic E-state index is 12.3. The number of sulfone groups is 1. The topological polar surface area (TPSA) is 69.7 Å². The van der Waals surface area contributed by atoms with Crippen LogP contribution in [-0.4, -0.2) is 31.8 Å². The summed E-state index contributed by atoms with van der Waals surface area (Å²) in [5.74, 6) is 0.305. The Hall–Kier alpha value is -1.82. The molecular formula is C19H24O5S. The molecule has 0 bridgehead atoms. The van der Waals surface area contributed by atoms with Crippen LogP contribution in [0.4, 0.5) is 0 Å². The van der Waals surface area contributed by atoms with Gasteiger partial charge in [0, 0.05) is 0 Å². The molecule has 1 aromatic rings. The van der Waals surface area contributed by atoms with Gasteiger partial charge < -0.3 is 9.47 Å². The summed E-state index contributed by atoms with van der Waals surface area (Å²) in [6.07, 6.45) is 2.26. The van der Waals surface area contributed by atoms with Crippen LogP contribution >= 0.6 is 0 Å². The minimum atomic E-state index is -3.33. The molecule has 3 rings (SSSR count). The highest BCUT2D eigenvalue weighted by Gasteiger charge is 2.43. The quantitative estimate of drug-likeness (QED) is 0.724. The van der Waals surface area contributed by atoms with Gasteiger partial charge in [-0.1, -0.05) is 12.1 Å². The maximum Gasteiger partial charge on any atom is 0.374 e. The third-order valence-electron chi connectivity index (χ3n) is 4.61. The Labute approximate surface area is 148 Å². The second-order valence-electron chi connectivity index (χ2n) is 7.48. The van der Waals surface area contributed by atoms with Crippen LogP contribution in [0.1, 0.15) is 46.1 Å². The molecule has 25 heavy (non-hydrogen) atoms. The maximum atomic E-state index is 12.3. The van der Waals surface area contributed by atoms with Gasteiger partial charge in [0.2, 0.25) is 5.76 Å². The number of cyclic esters (lactones) is 1. The number of rotatable bonds is 6. The summed E-state index contributed by atoms with van der Waals surface area (Å²) < 4.78 is 35.8. The highest BCUT2D eigenvalue weighted by molar-refractivity contribution is 7.92. The van der Waals surface area contributed by atoms with E-state index < -0.39 is 26.7 Å². The molecule has 2 aliphatic rings. The predicted molar refractivity (Wildman–Crippen MR) is 94.5 cm³/mol. The van der Waals surface area contributed by atoms with Crippen molar-refractivity contribution in [3.63, 3.8) is 0 Å². The molecule has 0 aromatic heterocycles. The van der Waals surface area contributed by atoms with Crippen molar-refractivity contribution in [2.24, 2.45) is 5.92 Å². The van der Waals surface area contributed by atoms with Crippen LogP contribution in [0.15, 0.2) is 34.9 Å². The standard InChI is InChI=1S/C19H24O5S/c1-12(2)25(21,22)15-9-7-14(8-10-15)16-17(23-11-13-5-6-13)18(20)24-19(16,3)4/h7-10,12-13H,5-6,11H2,1-4H3. The zero-order valence-electron chi connectivity index (χ0n) is 15.0. The molecule has 0 atom stereocenters. The van der Waals surface area contributed by atoms with Gasteiger partial charge in [0.1, 0.15) is 5.60 Å². The Morgan fingerprint density at radius 3 is 2.32 bits per heavy atom. The van der Waals surface area contributed by atoms with Crippen molar-refractivity contribution in [2.75, 3.05) is 6.61 Å². The van der Waals surface area contributed by atoms with E-state index in [1.54, 1.807) is 38.1 Å². The number of carbonyl (C=O) groups is 1. The Morgan fingerprint density at radius 2 is 1.80 bits per heavy atom. The Bertz CT molecular complexity index is 812. The molecule has 0 amide bonds. The summed E-state index contributed by atoms with van der Waals surface area (Å²) in [6.45, 7) is 7.45. The third-order valence-corrected chi connectivity index (χ3v) is 6.79. The van der Waals surface area contributed by atoms with E-state index in [1.807, 2.05) is 13.8 Å². The largest absolute Gasteiger partial charge is 0.486 e. The first-order chi connectivity index (χ1) is 11.6. The average Bonchev–Trinajstić information content (AvgIpc) is 3.31. The smallest absolute Gasteiger partial charge is 0.374 e. The SMILES string of the molecule is CC(C)S(=O)(=O)c1ccc(C2=C(OCC3CC3)C(=O)OC2(C)C)cc1. The zero-order valence-corrected chi connectivity index (χ0v) is 15.9. The summed E-state index contributed by atoms with van der Waals surface area (Å²) in [4.78, 5) is 12.5. The zero-order chi connectivity index (χ0) is 18.4. The lowest BCUT2D eigenvalue weighted by molar-refractivity contribution is -0.147. The number of carbonyl (C=O) groups excluding carboxylic acids is 1. The summed E-state index contributed by atoms with van der Waals surface area (Å²) in [5, 5.41) is -0.483. The van der Waals surface area contributed by atoms with Crippen LogP contribution in [0, 0.1) is 5.92 Å². The van der Waals surface area contributed by atoms with E-state index in [-0.39, 0.29) is 10.7 Å². The molecule has 5 nitrogen and oxygen atoms in total. The van der Waals surface area contributed by atoms with Gasteiger partial charge in [-0.05, 0) is 64.2 Å². The van der Waals surface area contributed by atoms with Crippen molar-refractivity contribution < 1.29 is 22.7 Å². The first-order valence-corrected chi connectivity index (χ1v) is 10.1. The molecule has 0 N–H and O–H groups in total. The molecule has 1 aliphatic carbocycles. The van der Waals surface area contributed by atoms with Crippen molar-refractivity contribution in [1.82, 2.24) is 0 Å². The van der Waals surface area contributed by atoms with Crippen molar-refractivity contribution >= 4 is 21.4 Å². The molecule has 1 aromatic carbocycles. The molecule has 136 valence electrons. The Morgan fingerprint density at radius 1 is 1.20 bits per heavy atom. The molecule has 6 heteroatoms. The van der Waals surface area contributed by atoms with Gasteiger partial charge in [-0.3, -0.25) is 0 Å². The summed E-state index contributed by atoms with van der Waals surface area (Å²) in [7, 11) is -3.33. The minimum absolute atomic E-state index is 0.247. The van der Waals surface area contributed by atoms with Gasteiger partial charge >= 0.3 is 5.97 Å². The van der Waals surface area contributed by atoms with Crippen molar-refractivity contribution in [3.05, 3.63) is 35.6 Å². The molecular weight excluding hydrogens is 340 g/mol. The van der Waals surface area contributed by atoms with E-state index in [2.05, 4.69) is 0 Å². The Balaban J connectivity index is 1.97. The monoisotopic (exact) mass is 364 g/mol. The van der Waals surface area contributed by atoms with Gasteiger partial charge in [0.05, 0.1) is 22.3 Å². The van der Waals surface area contributed by atoms with E-state index in [0.717, 1.165) is 18.4 Å². The fourth-order valence-electron chi connectivity index (χ4n) is 2.88. The molecule has 0 spiro atoms. The van der Waals surface area contributed by atoms with Crippen molar-refractivity contribution in [1.29, 1.82) is 0 Å². The molecule has 0 saturated heterocycles. The second-order valence-corrected chi connectivity index (χ2v) is 9.98. The molecule has 1 heterocycles. The van der Waals surface area contributed by atoms with Crippen molar-refractivity contribution in [2.45, 2.75) is 56.3 Å². The van der Waals surface area contributed by atoms with E-state index in [1.165, 1.54) is 0 Å². The number of esters is 1. The Kier molecular flexibility index (Phi) is 4.43. The van der Waals surface area contributed by atoms with Crippen LogP contribution in [0.3, 0.4) is 0 Å². The molecule has 1 saturated carbocycles. The van der Waals surface area contributed by atoms with Crippen LogP contribution in [0.25, 0.3) is 5.57 Å². The predicted octanol–water partition coefficient (Wildman–Crippen LogP) is 3.34. The fraction of sp³-hybridized carbons (Fsp3) is 0.526. The fourth-order valence-corrected chi connectivity index (χ4v) is 3.94. The van der Waals surface area contributed by atoms with Crippen LogP contribution in [-0.2, 0) is 24.1 Å². The van der Waals surface area contributed by atoms with Gasteiger partial charge in [0.25, 0.3) is 0 Å². The number of hydrogen-bond acceptors (Lipinski definition) is 5. The highest BCUT2D eigenvalue weighted by Crippen LogP contribution is 2.41. The molecule has 0 radical (unpaired) electrons. The summed E-state index contributed by atoms with van der Waals surface area (Å²) in [5.41, 5.74) is 0.602. The van der Waals surface area contributed by atoms with E-state index in [4.69, 9.17) is 9.47 Å². The third kappa shape index (κ3) is 3.45. The lowest BCUT2D eigenvalue weighted by Gasteiger charge is -2.21.